The highest BCUT2D eigenvalue weighted by atomic mass is 16.5. The summed E-state index contributed by atoms with van der Waals surface area (Å²) in [5.74, 6) is 1.44. The Morgan fingerprint density at radius 2 is 1.89 bits per heavy atom. The molecule has 1 amide bonds. The molecule has 0 spiro atoms. The maximum absolute atomic E-state index is 11.0. The van der Waals surface area contributed by atoms with E-state index in [-0.39, 0.29) is 5.91 Å². The Morgan fingerprint density at radius 1 is 1.33 bits per heavy atom. The van der Waals surface area contributed by atoms with Crippen LogP contribution in [0, 0.1) is 13.8 Å². The first-order chi connectivity index (χ1) is 8.47. The second kappa shape index (κ2) is 6.05. The second-order valence-corrected chi connectivity index (χ2v) is 4.12. The van der Waals surface area contributed by atoms with Crippen LogP contribution < -0.4 is 10.1 Å². The van der Waals surface area contributed by atoms with Gasteiger partial charge in [-0.3, -0.25) is 4.79 Å². The molecule has 0 aliphatic heterocycles. The SMILES string of the molecule is C=C/C(=C\C)Oc1c(C)cc(NC(C)=O)cc1C. The quantitative estimate of drug-likeness (QED) is 0.648. The fourth-order valence-electron chi connectivity index (χ4n) is 1.72. The molecule has 0 saturated heterocycles. The number of aryl methyl sites for hydroxylation is 2. The summed E-state index contributed by atoms with van der Waals surface area (Å²) in [6, 6.07) is 3.78. The van der Waals surface area contributed by atoms with Crippen molar-refractivity contribution in [2.45, 2.75) is 27.7 Å². The third-order valence-electron chi connectivity index (χ3n) is 2.49. The Bertz CT molecular complexity index is 478. The Labute approximate surface area is 108 Å². The molecule has 3 nitrogen and oxygen atoms in total. The van der Waals surface area contributed by atoms with Crippen molar-refractivity contribution in [2.24, 2.45) is 0 Å². The molecular formula is C15H19NO2. The lowest BCUT2D eigenvalue weighted by atomic mass is 10.1. The molecule has 1 aromatic carbocycles. The van der Waals surface area contributed by atoms with Crippen molar-refractivity contribution in [3.8, 4) is 5.75 Å². The first-order valence-electron chi connectivity index (χ1n) is 5.83. The van der Waals surface area contributed by atoms with Crippen LogP contribution in [0.5, 0.6) is 5.75 Å². The Morgan fingerprint density at radius 3 is 2.28 bits per heavy atom. The van der Waals surface area contributed by atoms with Crippen molar-refractivity contribution in [3.05, 3.63) is 47.7 Å². The number of hydrogen-bond acceptors (Lipinski definition) is 2. The third-order valence-corrected chi connectivity index (χ3v) is 2.49. The largest absolute Gasteiger partial charge is 0.457 e. The van der Waals surface area contributed by atoms with E-state index in [1.54, 1.807) is 6.08 Å². The second-order valence-electron chi connectivity index (χ2n) is 4.12. The summed E-state index contributed by atoms with van der Waals surface area (Å²) < 4.78 is 5.76. The lowest BCUT2D eigenvalue weighted by Gasteiger charge is -2.14. The predicted molar refractivity (Wildman–Crippen MR) is 74.8 cm³/mol. The van der Waals surface area contributed by atoms with E-state index >= 15 is 0 Å². The van der Waals surface area contributed by atoms with Crippen molar-refractivity contribution < 1.29 is 9.53 Å². The number of anilines is 1. The van der Waals surface area contributed by atoms with E-state index < -0.39 is 0 Å². The van der Waals surface area contributed by atoms with Gasteiger partial charge < -0.3 is 10.1 Å². The zero-order valence-electron chi connectivity index (χ0n) is 11.3. The number of ether oxygens (including phenoxy) is 1. The van der Waals surface area contributed by atoms with Gasteiger partial charge >= 0.3 is 0 Å². The van der Waals surface area contributed by atoms with Crippen molar-refractivity contribution in [3.63, 3.8) is 0 Å². The van der Waals surface area contributed by atoms with Crippen LogP contribution in [0.2, 0.25) is 0 Å². The smallest absolute Gasteiger partial charge is 0.221 e. The van der Waals surface area contributed by atoms with E-state index in [0.717, 1.165) is 22.6 Å². The van der Waals surface area contributed by atoms with Crippen molar-refractivity contribution in [1.82, 2.24) is 0 Å². The van der Waals surface area contributed by atoms with Gasteiger partial charge in [0.1, 0.15) is 11.5 Å². The molecule has 0 fully saturated rings. The first kappa shape index (κ1) is 14.0. The molecule has 0 atom stereocenters. The van der Waals surface area contributed by atoms with Crippen LogP contribution in [0.4, 0.5) is 5.69 Å². The van der Waals surface area contributed by atoms with E-state index in [1.165, 1.54) is 6.92 Å². The van der Waals surface area contributed by atoms with Gasteiger partial charge in [0.2, 0.25) is 5.91 Å². The summed E-state index contributed by atoms with van der Waals surface area (Å²) in [4.78, 5) is 11.0. The zero-order chi connectivity index (χ0) is 13.7. The number of benzene rings is 1. The topological polar surface area (TPSA) is 38.3 Å². The van der Waals surface area contributed by atoms with E-state index in [0.29, 0.717) is 5.76 Å². The molecule has 0 heterocycles. The standard InChI is InChI=1S/C15H19NO2/c1-6-14(7-2)18-15-10(3)8-13(9-11(15)4)16-12(5)17/h6-9H,1H2,2-5H3,(H,16,17)/b14-7+. The number of hydrogen-bond donors (Lipinski definition) is 1. The maximum Gasteiger partial charge on any atom is 0.221 e. The van der Waals surface area contributed by atoms with Gasteiger partial charge in [-0.25, -0.2) is 0 Å². The minimum Gasteiger partial charge on any atom is -0.457 e. The zero-order valence-corrected chi connectivity index (χ0v) is 11.3. The number of carbonyl (C=O) groups is 1. The molecule has 0 unspecified atom stereocenters. The molecule has 0 aliphatic rings. The van der Waals surface area contributed by atoms with Crippen LogP contribution in [0.15, 0.2) is 36.6 Å². The highest BCUT2D eigenvalue weighted by Gasteiger charge is 2.08. The summed E-state index contributed by atoms with van der Waals surface area (Å²) in [5.41, 5.74) is 2.73. The van der Waals surface area contributed by atoms with E-state index in [2.05, 4.69) is 11.9 Å². The third kappa shape index (κ3) is 3.48. The van der Waals surface area contributed by atoms with Gasteiger partial charge in [-0.2, -0.15) is 0 Å². The average molecular weight is 245 g/mol. The molecule has 0 radical (unpaired) electrons. The fourth-order valence-corrected chi connectivity index (χ4v) is 1.72. The summed E-state index contributed by atoms with van der Waals surface area (Å²) >= 11 is 0. The van der Waals surface area contributed by atoms with Crippen LogP contribution in [-0.4, -0.2) is 5.91 Å². The minimum absolute atomic E-state index is 0.0808. The van der Waals surface area contributed by atoms with Crippen LogP contribution in [0.3, 0.4) is 0 Å². The monoisotopic (exact) mass is 245 g/mol. The molecule has 1 rings (SSSR count). The summed E-state index contributed by atoms with van der Waals surface area (Å²) in [6.07, 6.45) is 3.52. The van der Waals surface area contributed by atoms with Crippen LogP contribution in [-0.2, 0) is 4.79 Å². The average Bonchev–Trinajstić information content (AvgIpc) is 2.27. The summed E-state index contributed by atoms with van der Waals surface area (Å²) in [6.45, 7) is 11.0. The molecule has 3 heteroatoms. The summed E-state index contributed by atoms with van der Waals surface area (Å²) in [7, 11) is 0. The highest BCUT2D eigenvalue weighted by Crippen LogP contribution is 2.28. The van der Waals surface area contributed by atoms with Crippen LogP contribution >= 0.6 is 0 Å². The van der Waals surface area contributed by atoms with Gasteiger partial charge in [0.05, 0.1) is 0 Å². The van der Waals surface area contributed by atoms with Gasteiger partial charge in [-0.1, -0.05) is 6.58 Å². The molecule has 18 heavy (non-hydrogen) atoms. The van der Waals surface area contributed by atoms with Gasteiger partial charge in [0.15, 0.2) is 0 Å². The summed E-state index contributed by atoms with van der Waals surface area (Å²) in [5, 5.41) is 2.77. The van der Waals surface area contributed by atoms with Crippen molar-refractivity contribution in [1.29, 1.82) is 0 Å². The Kier molecular flexibility index (Phi) is 4.72. The number of carbonyl (C=O) groups excluding carboxylic acids is 1. The highest BCUT2D eigenvalue weighted by molar-refractivity contribution is 5.89. The number of nitrogens with one attached hydrogen (secondary N) is 1. The Hall–Kier alpha value is -2.03. The molecule has 1 aromatic rings. The molecule has 1 N–H and O–H groups in total. The van der Waals surface area contributed by atoms with Gasteiger partial charge in [-0.15, -0.1) is 0 Å². The van der Waals surface area contributed by atoms with Crippen LogP contribution in [0.1, 0.15) is 25.0 Å². The maximum atomic E-state index is 11.0. The van der Waals surface area contributed by atoms with E-state index in [4.69, 9.17) is 4.74 Å². The van der Waals surface area contributed by atoms with E-state index in [9.17, 15) is 4.79 Å². The molecule has 0 aliphatic carbocycles. The van der Waals surface area contributed by atoms with Gasteiger partial charge in [-0.05, 0) is 56.2 Å². The molecular weight excluding hydrogens is 226 g/mol. The molecule has 96 valence electrons. The molecule has 0 aromatic heterocycles. The molecule has 0 bridgehead atoms. The normalized spacial score (nSPS) is 11.0. The minimum atomic E-state index is -0.0808. The van der Waals surface area contributed by atoms with Gasteiger partial charge in [0.25, 0.3) is 0 Å². The number of allylic oxidation sites excluding steroid dienone is 2. The lowest BCUT2D eigenvalue weighted by Crippen LogP contribution is -2.07. The van der Waals surface area contributed by atoms with Crippen molar-refractivity contribution >= 4 is 11.6 Å². The number of amides is 1. The molecule has 0 saturated carbocycles. The fraction of sp³-hybridized carbons (Fsp3) is 0.267. The predicted octanol–water partition coefficient (Wildman–Crippen LogP) is 3.73. The van der Waals surface area contributed by atoms with Gasteiger partial charge in [0, 0.05) is 12.6 Å². The van der Waals surface area contributed by atoms with Crippen molar-refractivity contribution in [2.75, 3.05) is 5.32 Å². The Balaban J connectivity index is 3.08. The van der Waals surface area contributed by atoms with E-state index in [1.807, 2.05) is 39.0 Å². The lowest BCUT2D eigenvalue weighted by molar-refractivity contribution is -0.114. The number of rotatable bonds is 4. The first-order valence-corrected chi connectivity index (χ1v) is 5.83. The van der Waals surface area contributed by atoms with Crippen LogP contribution in [0.25, 0.3) is 0 Å².